The predicted octanol–water partition coefficient (Wildman–Crippen LogP) is 3.61. The third-order valence-electron chi connectivity index (χ3n) is 5.67. The standard InChI is InChI=1S/C26H31N3O6/c1-5-6-11-28(25-21(34-3)12-17(2)13-22(25)35-4)23(30)15-27-26(33)20-14-18-9-7-8-10-19(18)29(20)16-24(31)32/h7-10,12-14H,5-6,11,15-16H2,1-4H3,(H,27,33)(H,31,32). The van der Waals surface area contributed by atoms with Crippen LogP contribution in [0.15, 0.2) is 42.5 Å². The molecule has 0 aliphatic heterocycles. The summed E-state index contributed by atoms with van der Waals surface area (Å²) in [6.45, 7) is 3.70. The van der Waals surface area contributed by atoms with E-state index in [2.05, 4.69) is 5.32 Å². The normalized spacial score (nSPS) is 10.7. The van der Waals surface area contributed by atoms with Gasteiger partial charge < -0.3 is 29.4 Å². The fraction of sp³-hybridized carbons (Fsp3) is 0.346. The topological polar surface area (TPSA) is 110 Å². The molecule has 0 aliphatic rings. The van der Waals surface area contributed by atoms with Crippen LogP contribution in [-0.4, -0.2) is 54.8 Å². The van der Waals surface area contributed by atoms with Crippen molar-refractivity contribution < 1.29 is 29.0 Å². The van der Waals surface area contributed by atoms with Crippen LogP contribution < -0.4 is 19.7 Å². The van der Waals surface area contributed by atoms with Gasteiger partial charge in [-0.15, -0.1) is 0 Å². The van der Waals surface area contributed by atoms with E-state index < -0.39 is 11.9 Å². The van der Waals surface area contributed by atoms with Crippen molar-refractivity contribution in [2.75, 3.05) is 32.2 Å². The molecule has 0 spiro atoms. The second-order valence-corrected chi connectivity index (χ2v) is 8.17. The minimum absolute atomic E-state index is 0.173. The van der Waals surface area contributed by atoms with E-state index >= 15 is 0 Å². The third kappa shape index (κ3) is 5.74. The number of benzene rings is 2. The molecule has 0 unspecified atom stereocenters. The molecule has 2 aromatic carbocycles. The van der Waals surface area contributed by atoms with Crippen molar-refractivity contribution in [3.05, 3.63) is 53.7 Å². The number of carbonyl (C=O) groups is 3. The lowest BCUT2D eigenvalue weighted by Crippen LogP contribution is -2.41. The van der Waals surface area contributed by atoms with Crippen LogP contribution in [-0.2, 0) is 16.1 Å². The number of unbranched alkanes of at least 4 members (excludes halogenated alkanes) is 1. The van der Waals surface area contributed by atoms with Crippen LogP contribution in [0.4, 0.5) is 5.69 Å². The number of hydrogen-bond donors (Lipinski definition) is 2. The highest BCUT2D eigenvalue weighted by atomic mass is 16.5. The highest BCUT2D eigenvalue weighted by Crippen LogP contribution is 2.39. The lowest BCUT2D eigenvalue weighted by molar-refractivity contribution is -0.137. The maximum absolute atomic E-state index is 13.3. The van der Waals surface area contributed by atoms with Gasteiger partial charge in [-0.3, -0.25) is 14.4 Å². The van der Waals surface area contributed by atoms with Crippen LogP contribution in [0.5, 0.6) is 11.5 Å². The molecule has 9 heteroatoms. The van der Waals surface area contributed by atoms with Gasteiger partial charge in [0.15, 0.2) is 0 Å². The Bertz CT molecular complexity index is 1210. The molecule has 2 amide bonds. The average Bonchev–Trinajstić information content (AvgIpc) is 3.20. The summed E-state index contributed by atoms with van der Waals surface area (Å²) in [7, 11) is 3.06. The van der Waals surface area contributed by atoms with Gasteiger partial charge in [0.05, 0.1) is 20.8 Å². The monoisotopic (exact) mass is 481 g/mol. The van der Waals surface area contributed by atoms with E-state index in [1.54, 1.807) is 29.2 Å². The number of aliphatic carboxylic acids is 1. The Morgan fingerprint density at radius 2 is 1.71 bits per heavy atom. The van der Waals surface area contributed by atoms with Gasteiger partial charge >= 0.3 is 5.97 Å². The molecule has 3 aromatic rings. The van der Waals surface area contributed by atoms with Gasteiger partial charge in [-0.2, -0.15) is 0 Å². The van der Waals surface area contributed by atoms with Gasteiger partial charge in [-0.05, 0) is 43.2 Å². The number of methoxy groups -OCH3 is 2. The Balaban J connectivity index is 1.88. The van der Waals surface area contributed by atoms with E-state index in [1.807, 2.05) is 32.0 Å². The molecule has 0 saturated carbocycles. The number of amides is 2. The summed E-state index contributed by atoms with van der Waals surface area (Å²) in [5.41, 5.74) is 2.23. The molecular formula is C26H31N3O6. The Morgan fingerprint density at radius 3 is 2.31 bits per heavy atom. The number of carboxylic acids is 1. The number of carboxylic acid groups (broad SMARTS) is 1. The highest BCUT2D eigenvalue weighted by Gasteiger charge is 2.25. The van der Waals surface area contributed by atoms with Crippen LogP contribution in [0.25, 0.3) is 10.9 Å². The van der Waals surface area contributed by atoms with Gasteiger partial charge in [0.1, 0.15) is 29.4 Å². The maximum atomic E-state index is 13.3. The number of fused-ring (bicyclic) bond motifs is 1. The van der Waals surface area contributed by atoms with E-state index in [-0.39, 0.29) is 24.7 Å². The number of para-hydroxylation sites is 1. The second-order valence-electron chi connectivity index (χ2n) is 8.17. The fourth-order valence-corrected chi connectivity index (χ4v) is 4.01. The van der Waals surface area contributed by atoms with Crippen molar-refractivity contribution in [3.63, 3.8) is 0 Å². The summed E-state index contributed by atoms with van der Waals surface area (Å²) in [5, 5.41) is 12.7. The largest absolute Gasteiger partial charge is 0.494 e. The molecular weight excluding hydrogens is 450 g/mol. The van der Waals surface area contributed by atoms with Crippen LogP contribution in [0.2, 0.25) is 0 Å². The van der Waals surface area contributed by atoms with E-state index in [0.717, 1.165) is 23.8 Å². The van der Waals surface area contributed by atoms with Crippen molar-refractivity contribution in [1.29, 1.82) is 0 Å². The average molecular weight is 482 g/mol. The van der Waals surface area contributed by atoms with Crippen LogP contribution in [0.1, 0.15) is 35.8 Å². The Morgan fingerprint density at radius 1 is 1.06 bits per heavy atom. The van der Waals surface area contributed by atoms with Crippen molar-refractivity contribution in [1.82, 2.24) is 9.88 Å². The van der Waals surface area contributed by atoms with Crippen molar-refractivity contribution in [3.8, 4) is 11.5 Å². The molecule has 0 fully saturated rings. The molecule has 9 nitrogen and oxygen atoms in total. The molecule has 1 aromatic heterocycles. The second kappa shape index (κ2) is 11.4. The number of anilines is 1. The molecule has 0 radical (unpaired) electrons. The first kappa shape index (κ1) is 25.6. The molecule has 0 aliphatic carbocycles. The third-order valence-corrected chi connectivity index (χ3v) is 5.67. The smallest absolute Gasteiger partial charge is 0.323 e. The zero-order chi connectivity index (χ0) is 25.5. The summed E-state index contributed by atoms with van der Waals surface area (Å²) >= 11 is 0. The van der Waals surface area contributed by atoms with Crippen LogP contribution in [0.3, 0.4) is 0 Å². The van der Waals surface area contributed by atoms with Gasteiger partial charge in [-0.1, -0.05) is 31.5 Å². The lowest BCUT2D eigenvalue weighted by Gasteiger charge is -2.27. The van der Waals surface area contributed by atoms with Crippen molar-refractivity contribution in [2.24, 2.45) is 0 Å². The summed E-state index contributed by atoms with van der Waals surface area (Å²) in [5.74, 6) is -0.943. The van der Waals surface area contributed by atoms with Crippen molar-refractivity contribution >= 4 is 34.4 Å². The SMILES string of the molecule is CCCCN(C(=O)CNC(=O)c1cc2ccccc2n1CC(=O)O)c1c(OC)cc(C)cc1OC. The highest BCUT2D eigenvalue weighted by molar-refractivity contribution is 6.03. The Hall–Kier alpha value is -4.01. The van der Waals surface area contributed by atoms with E-state index in [0.29, 0.717) is 29.2 Å². The molecule has 186 valence electrons. The Labute approximate surface area is 204 Å². The quantitative estimate of drug-likeness (QED) is 0.433. The van der Waals surface area contributed by atoms with Gasteiger partial charge in [0.25, 0.3) is 5.91 Å². The molecule has 2 N–H and O–H groups in total. The zero-order valence-corrected chi connectivity index (χ0v) is 20.5. The molecule has 35 heavy (non-hydrogen) atoms. The van der Waals surface area contributed by atoms with Crippen LogP contribution >= 0.6 is 0 Å². The number of carbonyl (C=O) groups excluding carboxylic acids is 2. The van der Waals surface area contributed by atoms with E-state index in [9.17, 15) is 19.5 Å². The summed E-state index contributed by atoms with van der Waals surface area (Å²) in [6, 6.07) is 12.4. The summed E-state index contributed by atoms with van der Waals surface area (Å²) in [4.78, 5) is 39.3. The van der Waals surface area contributed by atoms with Crippen molar-refractivity contribution in [2.45, 2.75) is 33.2 Å². The van der Waals surface area contributed by atoms with Crippen LogP contribution in [0, 0.1) is 6.92 Å². The van der Waals surface area contributed by atoms with E-state index in [4.69, 9.17) is 9.47 Å². The molecule has 3 rings (SSSR count). The van der Waals surface area contributed by atoms with E-state index in [1.165, 1.54) is 18.8 Å². The number of nitrogens with zero attached hydrogens (tertiary/aromatic N) is 2. The fourth-order valence-electron chi connectivity index (χ4n) is 4.01. The number of aryl methyl sites for hydroxylation is 1. The first-order valence-electron chi connectivity index (χ1n) is 11.4. The number of rotatable bonds is 11. The minimum atomic E-state index is -1.07. The predicted molar refractivity (Wildman–Crippen MR) is 133 cm³/mol. The molecule has 0 atom stereocenters. The lowest BCUT2D eigenvalue weighted by atomic mass is 10.1. The molecule has 0 saturated heterocycles. The van der Waals surface area contributed by atoms with Gasteiger partial charge in [0, 0.05) is 17.4 Å². The maximum Gasteiger partial charge on any atom is 0.323 e. The number of hydrogen-bond acceptors (Lipinski definition) is 5. The number of nitrogens with one attached hydrogen (secondary N) is 1. The first-order valence-corrected chi connectivity index (χ1v) is 11.4. The number of aromatic nitrogens is 1. The van der Waals surface area contributed by atoms with Gasteiger partial charge in [-0.25, -0.2) is 0 Å². The zero-order valence-electron chi connectivity index (χ0n) is 20.5. The Kier molecular flexibility index (Phi) is 8.35. The molecule has 0 bridgehead atoms. The summed E-state index contributed by atoms with van der Waals surface area (Å²) in [6.07, 6.45) is 1.61. The first-order chi connectivity index (χ1) is 16.8. The van der Waals surface area contributed by atoms with Gasteiger partial charge in [0.2, 0.25) is 5.91 Å². The number of ether oxygens (including phenoxy) is 2. The summed E-state index contributed by atoms with van der Waals surface area (Å²) < 4.78 is 12.5. The molecule has 1 heterocycles. The minimum Gasteiger partial charge on any atom is -0.494 e.